The number of benzene rings is 1. The summed E-state index contributed by atoms with van der Waals surface area (Å²) in [6.07, 6.45) is 4.73. The maximum atomic E-state index is 12.6. The molecule has 1 aromatic carbocycles. The van der Waals surface area contributed by atoms with E-state index in [0.29, 0.717) is 17.3 Å². The first-order chi connectivity index (χ1) is 12.7. The quantitative estimate of drug-likeness (QED) is 0.735. The molecule has 1 aliphatic rings. The molecular weight excluding hydrogens is 332 g/mol. The molecule has 0 saturated heterocycles. The highest BCUT2D eigenvalue weighted by Gasteiger charge is 2.23. The molecule has 26 heavy (non-hydrogen) atoms. The van der Waals surface area contributed by atoms with E-state index in [9.17, 15) is 9.59 Å². The number of aryl methyl sites for hydroxylation is 2. The molecule has 0 aliphatic heterocycles. The van der Waals surface area contributed by atoms with E-state index in [0.717, 1.165) is 24.8 Å². The lowest BCUT2D eigenvalue weighted by atomic mass is 10.1. The number of hydrogen-bond acceptors (Lipinski definition) is 5. The molecule has 1 N–H and O–H groups in total. The zero-order valence-corrected chi connectivity index (χ0v) is 14.6. The standard InChI is InChI=1S/C19H20N4O3/c1-2-12-3-5-13(6-4-12)16-17-18(26-22-16)19(25)23(11-20-17)10-9-15(24)21-14-7-8-14/h3-6,11,14H,2,7-10H2,1H3,(H,21,24). The Kier molecular flexibility index (Phi) is 4.28. The van der Waals surface area contributed by atoms with Gasteiger partial charge in [0.2, 0.25) is 5.91 Å². The molecule has 2 heterocycles. The van der Waals surface area contributed by atoms with Crippen LogP contribution in [0.15, 0.2) is 39.9 Å². The molecule has 1 aliphatic carbocycles. The number of aromatic nitrogens is 3. The predicted molar refractivity (Wildman–Crippen MR) is 96.7 cm³/mol. The van der Waals surface area contributed by atoms with E-state index in [1.54, 1.807) is 0 Å². The van der Waals surface area contributed by atoms with Crippen LogP contribution in [-0.2, 0) is 17.8 Å². The average molecular weight is 352 g/mol. The van der Waals surface area contributed by atoms with Gasteiger partial charge in [0.05, 0.1) is 6.33 Å². The largest absolute Gasteiger partial charge is 0.353 e. The lowest BCUT2D eigenvalue weighted by Gasteiger charge is -2.05. The molecule has 4 rings (SSSR count). The molecule has 0 atom stereocenters. The molecule has 0 unspecified atom stereocenters. The minimum absolute atomic E-state index is 0.0474. The summed E-state index contributed by atoms with van der Waals surface area (Å²) >= 11 is 0. The van der Waals surface area contributed by atoms with Crippen LogP contribution in [0.5, 0.6) is 0 Å². The molecule has 134 valence electrons. The molecule has 3 aromatic rings. The van der Waals surface area contributed by atoms with Gasteiger partial charge in [0.1, 0.15) is 11.2 Å². The van der Waals surface area contributed by atoms with E-state index in [1.807, 2.05) is 24.3 Å². The molecule has 2 aromatic heterocycles. The summed E-state index contributed by atoms with van der Waals surface area (Å²) < 4.78 is 6.66. The van der Waals surface area contributed by atoms with Crippen LogP contribution in [0.2, 0.25) is 0 Å². The number of amides is 1. The fourth-order valence-electron chi connectivity index (χ4n) is 2.85. The van der Waals surface area contributed by atoms with Gasteiger partial charge in [-0.15, -0.1) is 0 Å². The summed E-state index contributed by atoms with van der Waals surface area (Å²) in [4.78, 5) is 28.7. The summed E-state index contributed by atoms with van der Waals surface area (Å²) in [5.41, 5.74) is 2.87. The van der Waals surface area contributed by atoms with Crippen LogP contribution in [0.3, 0.4) is 0 Å². The van der Waals surface area contributed by atoms with Gasteiger partial charge in [0.25, 0.3) is 11.1 Å². The third-order valence-corrected chi connectivity index (χ3v) is 4.61. The van der Waals surface area contributed by atoms with Crippen molar-refractivity contribution in [2.24, 2.45) is 0 Å². The van der Waals surface area contributed by atoms with Crippen molar-refractivity contribution in [3.63, 3.8) is 0 Å². The van der Waals surface area contributed by atoms with Crippen molar-refractivity contribution >= 4 is 17.0 Å². The maximum Gasteiger partial charge on any atom is 0.299 e. The van der Waals surface area contributed by atoms with Crippen LogP contribution in [0.4, 0.5) is 0 Å². The van der Waals surface area contributed by atoms with Crippen molar-refractivity contribution in [1.29, 1.82) is 0 Å². The first-order valence-corrected chi connectivity index (χ1v) is 8.89. The van der Waals surface area contributed by atoms with Crippen LogP contribution >= 0.6 is 0 Å². The Morgan fingerprint density at radius 2 is 2.08 bits per heavy atom. The van der Waals surface area contributed by atoms with E-state index in [1.165, 1.54) is 16.5 Å². The summed E-state index contributed by atoms with van der Waals surface area (Å²) in [6, 6.07) is 8.26. The number of nitrogens with zero attached hydrogens (tertiary/aromatic N) is 3. The fourth-order valence-corrected chi connectivity index (χ4v) is 2.85. The normalized spacial score (nSPS) is 13.9. The average Bonchev–Trinajstić information content (AvgIpc) is 3.36. The fraction of sp³-hybridized carbons (Fsp3) is 0.368. The number of rotatable bonds is 6. The number of carbonyl (C=O) groups is 1. The molecule has 7 nitrogen and oxygen atoms in total. The van der Waals surface area contributed by atoms with Gasteiger partial charge in [-0.25, -0.2) is 4.98 Å². The van der Waals surface area contributed by atoms with Gasteiger partial charge in [0.15, 0.2) is 0 Å². The molecule has 1 amide bonds. The number of carbonyl (C=O) groups excluding carboxylic acids is 1. The zero-order chi connectivity index (χ0) is 18.1. The lowest BCUT2D eigenvalue weighted by molar-refractivity contribution is -0.121. The summed E-state index contributed by atoms with van der Waals surface area (Å²) in [7, 11) is 0. The number of hydrogen-bond donors (Lipinski definition) is 1. The van der Waals surface area contributed by atoms with Crippen molar-refractivity contribution in [2.75, 3.05) is 0 Å². The number of nitrogens with one attached hydrogen (secondary N) is 1. The van der Waals surface area contributed by atoms with Crippen molar-refractivity contribution in [3.05, 3.63) is 46.5 Å². The molecule has 1 fully saturated rings. The van der Waals surface area contributed by atoms with Gasteiger partial charge < -0.3 is 9.84 Å². The van der Waals surface area contributed by atoms with Crippen molar-refractivity contribution < 1.29 is 9.32 Å². The van der Waals surface area contributed by atoms with Crippen LogP contribution in [-0.4, -0.2) is 26.7 Å². The van der Waals surface area contributed by atoms with E-state index in [4.69, 9.17) is 4.52 Å². The SMILES string of the molecule is CCc1ccc(-c2noc3c(=O)n(CCC(=O)NC4CC4)cnc23)cc1. The van der Waals surface area contributed by atoms with Crippen LogP contribution < -0.4 is 10.9 Å². The second-order valence-corrected chi connectivity index (χ2v) is 6.59. The zero-order valence-electron chi connectivity index (χ0n) is 14.6. The minimum atomic E-state index is -0.321. The summed E-state index contributed by atoms with van der Waals surface area (Å²) in [6.45, 7) is 2.36. The van der Waals surface area contributed by atoms with Crippen LogP contribution in [0, 0.1) is 0 Å². The Morgan fingerprint density at radius 3 is 2.77 bits per heavy atom. The molecule has 0 spiro atoms. The Labute approximate surface area is 150 Å². The van der Waals surface area contributed by atoms with E-state index in [-0.39, 0.29) is 30.0 Å². The molecule has 1 saturated carbocycles. The molecule has 0 radical (unpaired) electrons. The van der Waals surface area contributed by atoms with E-state index < -0.39 is 0 Å². The lowest BCUT2D eigenvalue weighted by Crippen LogP contribution is -2.28. The van der Waals surface area contributed by atoms with Gasteiger partial charge in [-0.3, -0.25) is 14.2 Å². The maximum absolute atomic E-state index is 12.6. The molecule has 7 heteroatoms. The minimum Gasteiger partial charge on any atom is -0.353 e. The van der Waals surface area contributed by atoms with Gasteiger partial charge in [-0.2, -0.15) is 0 Å². The highest BCUT2D eigenvalue weighted by atomic mass is 16.5. The second kappa shape index (κ2) is 6.74. The Hall–Kier alpha value is -2.96. The van der Waals surface area contributed by atoms with Crippen molar-refractivity contribution in [3.8, 4) is 11.3 Å². The molecule has 0 bridgehead atoms. The predicted octanol–water partition coefficient (Wildman–Crippen LogP) is 2.28. The Balaban J connectivity index is 1.58. The van der Waals surface area contributed by atoms with E-state index >= 15 is 0 Å². The van der Waals surface area contributed by atoms with Gasteiger partial charge in [0, 0.05) is 24.6 Å². The highest BCUT2D eigenvalue weighted by molar-refractivity contribution is 5.87. The topological polar surface area (TPSA) is 90.0 Å². The first kappa shape index (κ1) is 16.5. The van der Waals surface area contributed by atoms with Crippen molar-refractivity contribution in [1.82, 2.24) is 20.0 Å². The third-order valence-electron chi connectivity index (χ3n) is 4.61. The van der Waals surface area contributed by atoms with Gasteiger partial charge in [-0.05, 0) is 24.8 Å². The first-order valence-electron chi connectivity index (χ1n) is 8.89. The summed E-state index contributed by atoms with van der Waals surface area (Å²) in [5.74, 6) is -0.0474. The smallest absolute Gasteiger partial charge is 0.299 e. The van der Waals surface area contributed by atoms with Crippen LogP contribution in [0.1, 0.15) is 31.7 Å². The van der Waals surface area contributed by atoms with Crippen LogP contribution in [0.25, 0.3) is 22.4 Å². The second-order valence-electron chi connectivity index (χ2n) is 6.59. The van der Waals surface area contributed by atoms with Crippen molar-refractivity contribution in [2.45, 2.75) is 45.2 Å². The molecular formula is C19H20N4O3. The summed E-state index contributed by atoms with van der Waals surface area (Å²) in [5, 5.41) is 6.94. The Morgan fingerprint density at radius 1 is 1.31 bits per heavy atom. The Bertz CT molecular complexity index is 1000. The monoisotopic (exact) mass is 352 g/mol. The van der Waals surface area contributed by atoms with Gasteiger partial charge >= 0.3 is 0 Å². The highest BCUT2D eigenvalue weighted by Crippen LogP contribution is 2.25. The third kappa shape index (κ3) is 3.24. The van der Waals surface area contributed by atoms with E-state index in [2.05, 4.69) is 22.4 Å². The van der Waals surface area contributed by atoms with Gasteiger partial charge in [-0.1, -0.05) is 36.3 Å². The number of fused-ring (bicyclic) bond motifs is 1.